The molecule has 0 heterocycles. The summed E-state index contributed by atoms with van der Waals surface area (Å²) in [6.07, 6.45) is 0. The first-order valence-corrected chi connectivity index (χ1v) is 2.64. The summed E-state index contributed by atoms with van der Waals surface area (Å²) in [5, 5.41) is 4.77. The average Bonchev–Trinajstić information content (AvgIpc) is 1.65. The molecule has 4 heteroatoms. The molecule has 0 bridgehead atoms. The summed E-state index contributed by atoms with van der Waals surface area (Å²) < 4.78 is 0. The molecule has 0 aliphatic heterocycles. The largest absolute Gasteiger partial charge is 0.339 e. The van der Waals surface area contributed by atoms with Crippen LogP contribution in [0.3, 0.4) is 0 Å². The molecule has 7 heavy (non-hydrogen) atoms. The summed E-state index contributed by atoms with van der Waals surface area (Å²) in [6, 6.07) is 0. The number of carbonyl (C=O) groups is 1. The molecule has 0 saturated carbocycles. The van der Waals surface area contributed by atoms with Gasteiger partial charge in [0.2, 0.25) is 0 Å². The Kier molecular flexibility index (Phi) is 2.78. The van der Waals surface area contributed by atoms with Gasteiger partial charge in [-0.05, 0) is 0 Å². The van der Waals surface area contributed by atoms with Gasteiger partial charge in [-0.3, -0.25) is 9.93 Å². The molecule has 0 unspecified atom stereocenters. The lowest BCUT2D eigenvalue weighted by molar-refractivity contribution is 0.241. The number of nitrogens with two attached hydrogens (primary N) is 1. The van der Waals surface area contributed by atoms with Crippen LogP contribution in [0.15, 0.2) is 0 Å². The van der Waals surface area contributed by atoms with Crippen LogP contribution in [0.4, 0.5) is 4.79 Å². The van der Waals surface area contributed by atoms with Gasteiger partial charge in [-0.2, -0.15) is 0 Å². The fraction of sp³-hybridized carbons (Fsp3) is 0.667. The van der Waals surface area contributed by atoms with Crippen molar-refractivity contribution < 1.29 is 4.79 Å². The zero-order chi connectivity index (χ0) is 5.86. The van der Waals surface area contributed by atoms with E-state index in [0.29, 0.717) is 0 Å². The topological polar surface area (TPSA) is 46.3 Å². The van der Waals surface area contributed by atoms with E-state index < -0.39 is 0 Å². The van der Waals surface area contributed by atoms with Gasteiger partial charge >= 0.3 is 0 Å². The number of carbonyl (C=O) groups excluding carboxylic acids is 1. The molecule has 42 valence electrons. The number of hydrogen-bond donors (Lipinski definition) is 1. The van der Waals surface area contributed by atoms with Crippen LogP contribution in [0.1, 0.15) is 0 Å². The Morgan fingerprint density at radius 2 is 2.14 bits per heavy atom. The Balaban J connectivity index is 3.35. The van der Waals surface area contributed by atoms with Crippen LogP contribution >= 0.6 is 11.9 Å². The Hall–Kier alpha value is -0.220. The quantitative estimate of drug-likeness (QED) is 0.467. The van der Waals surface area contributed by atoms with E-state index in [4.69, 9.17) is 5.14 Å². The summed E-state index contributed by atoms with van der Waals surface area (Å²) in [5.41, 5.74) is 0. The smallest absolute Gasteiger partial charge is 0.295 e. The summed E-state index contributed by atoms with van der Waals surface area (Å²) in [7, 11) is 3.31. The van der Waals surface area contributed by atoms with Crippen LogP contribution in [0.25, 0.3) is 0 Å². The predicted octanol–water partition coefficient (Wildman–Crippen LogP) is 0.275. The second-order valence-electron chi connectivity index (χ2n) is 1.28. The highest BCUT2D eigenvalue weighted by molar-refractivity contribution is 8.11. The van der Waals surface area contributed by atoms with Crippen LogP contribution < -0.4 is 5.14 Å². The van der Waals surface area contributed by atoms with Gasteiger partial charge in [-0.15, -0.1) is 0 Å². The summed E-state index contributed by atoms with van der Waals surface area (Å²) in [4.78, 5) is 11.7. The van der Waals surface area contributed by atoms with E-state index in [1.54, 1.807) is 14.1 Å². The molecule has 0 spiro atoms. The van der Waals surface area contributed by atoms with Gasteiger partial charge in [0.05, 0.1) is 0 Å². The van der Waals surface area contributed by atoms with Crippen molar-refractivity contribution in [3.8, 4) is 0 Å². The van der Waals surface area contributed by atoms with Gasteiger partial charge in [0, 0.05) is 26.0 Å². The van der Waals surface area contributed by atoms with Crippen molar-refractivity contribution in [1.82, 2.24) is 4.90 Å². The van der Waals surface area contributed by atoms with E-state index in [1.807, 2.05) is 0 Å². The fourth-order valence-electron chi connectivity index (χ4n) is 0.105. The molecular formula is C3H8N2OS. The maximum atomic E-state index is 10.3. The average molecular weight is 120 g/mol. The molecule has 3 nitrogen and oxygen atoms in total. The van der Waals surface area contributed by atoms with Gasteiger partial charge in [-0.1, -0.05) is 0 Å². The van der Waals surface area contributed by atoms with E-state index in [1.165, 1.54) is 4.90 Å². The monoisotopic (exact) mass is 120 g/mol. The van der Waals surface area contributed by atoms with E-state index in [2.05, 4.69) is 0 Å². The lowest BCUT2D eigenvalue weighted by Crippen LogP contribution is -2.17. The van der Waals surface area contributed by atoms with Gasteiger partial charge in [0.1, 0.15) is 0 Å². The zero-order valence-corrected chi connectivity index (χ0v) is 5.16. The Bertz CT molecular complexity index is 73.3. The van der Waals surface area contributed by atoms with Crippen molar-refractivity contribution in [1.29, 1.82) is 0 Å². The molecule has 0 fully saturated rings. The lowest BCUT2D eigenvalue weighted by atomic mass is 11.0. The van der Waals surface area contributed by atoms with E-state index in [9.17, 15) is 4.79 Å². The second kappa shape index (κ2) is 2.87. The highest BCUT2D eigenvalue weighted by Gasteiger charge is 1.97. The summed E-state index contributed by atoms with van der Waals surface area (Å²) in [5.74, 6) is 0. The van der Waals surface area contributed by atoms with Gasteiger partial charge < -0.3 is 4.90 Å². The third-order valence-corrected chi connectivity index (χ3v) is 1.03. The van der Waals surface area contributed by atoms with Crippen LogP contribution in [-0.2, 0) is 0 Å². The molecule has 0 atom stereocenters. The SMILES string of the molecule is CN(C)C(=O)SN. The van der Waals surface area contributed by atoms with Crippen LogP contribution in [0, 0.1) is 0 Å². The Morgan fingerprint density at radius 3 is 2.14 bits per heavy atom. The highest BCUT2D eigenvalue weighted by Crippen LogP contribution is 1.92. The Morgan fingerprint density at radius 1 is 1.71 bits per heavy atom. The number of nitrogens with zero attached hydrogens (tertiary/aromatic N) is 1. The molecule has 0 radical (unpaired) electrons. The molecule has 2 N–H and O–H groups in total. The van der Waals surface area contributed by atoms with Crippen LogP contribution in [-0.4, -0.2) is 24.2 Å². The number of amides is 1. The van der Waals surface area contributed by atoms with Crippen molar-refractivity contribution in [2.24, 2.45) is 5.14 Å². The third-order valence-electron chi connectivity index (χ3n) is 0.466. The van der Waals surface area contributed by atoms with Gasteiger partial charge in [0.15, 0.2) is 0 Å². The molecule has 0 aromatic heterocycles. The van der Waals surface area contributed by atoms with Crippen molar-refractivity contribution in [2.45, 2.75) is 0 Å². The molecule has 0 aromatic rings. The van der Waals surface area contributed by atoms with Crippen molar-refractivity contribution in [2.75, 3.05) is 14.1 Å². The Labute approximate surface area is 47.0 Å². The zero-order valence-electron chi connectivity index (χ0n) is 4.34. The normalized spacial score (nSPS) is 8.43. The molecule has 0 rings (SSSR count). The third kappa shape index (κ3) is 2.47. The molecule has 0 aromatic carbocycles. The van der Waals surface area contributed by atoms with E-state index in [-0.39, 0.29) is 5.24 Å². The number of rotatable bonds is 0. The van der Waals surface area contributed by atoms with Crippen LogP contribution in [0.2, 0.25) is 0 Å². The fourth-order valence-corrected chi connectivity index (χ4v) is 0.316. The van der Waals surface area contributed by atoms with Gasteiger partial charge in [-0.25, -0.2) is 0 Å². The molecule has 0 saturated heterocycles. The minimum Gasteiger partial charge on any atom is -0.339 e. The van der Waals surface area contributed by atoms with E-state index in [0.717, 1.165) is 11.9 Å². The first kappa shape index (κ1) is 6.78. The summed E-state index contributed by atoms with van der Waals surface area (Å²) in [6.45, 7) is 0. The van der Waals surface area contributed by atoms with Crippen molar-refractivity contribution >= 4 is 17.2 Å². The van der Waals surface area contributed by atoms with Crippen LogP contribution in [0.5, 0.6) is 0 Å². The highest BCUT2D eigenvalue weighted by atomic mass is 32.2. The minimum atomic E-state index is -0.125. The molecular weight excluding hydrogens is 112 g/mol. The maximum Gasteiger partial charge on any atom is 0.295 e. The molecule has 0 aliphatic carbocycles. The minimum absolute atomic E-state index is 0.125. The maximum absolute atomic E-state index is 10.3. The predicted molar refractivity (Wildman–Crippen MR) is 30.9 cm³/mol. The number of hydrogen-bond acceptors (Lipinski definition) is 3. The molecule has 0 aliphatic rings. The van der Waals surface area contributed by atoms with Crippen molar-refractivity contribution in [3.63, 3.8) is 0 Å². The van der Waals surface area contributed by atoms with Gasteiger partial charge in [0.25, 0.3) is 5.24 Å². The van der Waals surface area contributed by atoms with Crippen molar-refractivity contribution in [3.05, 3.63) is 0 Å². The first-order valence-electron chi connectivity index (χ1n) is 1.76. The first-order chi connectivity index (χ1) is 3.18. The summed E-state index contributed by atoms with van der Waals surface area (Å²) >= 11 is 0.720. The van der Waals surface area contributed by atoms with E-state index >= 15 is 0 Å². The lowest BCUT2D eigenvalue weighted by Gasteiger charge is -2.04. The second-order valence-corrected chi connectivity index (χ2v) is 1.86. The molecule has 1 amide bonds. The standard InChI is InChI=1S/C3H8N2OS/c1-5(2)3(6)7-4/h4H2,1-2H3.